The van der Waals surface area contributed by atoms with Gasteiger partial charge in [0.2, 0.25) is 5.89 Å². The summed E-state index contributed by atoms with van der Waals surface area (Å²) in [5.41, 5.74) is 1.17. The molecule has 10 nitrogen and oxygen atoms in total. The fourth-order valence-electron chi connectivity index (χ4n) is 2.61. The topological polar surface area (TPSA) is 126 Å². The van der Waals surface area contributed by atoms with Crippen molar-refractivity contribution in [2.45, 2.75) is 33.4 Å². The first-order chi connectivity index (χ1) is 12.9. The molecule has 1 aromatic carbocycles. The Labute approximate surface area is 153 Å². The van der Waals surface area contributed by atoms with E-state index in [-0.39, 0.29) is 29.5 Å². The van der Waals surface area contributed by atoms with E-state index in [4.69, 9.17) is 9.15 Å². The number of hydrogen-bond donors (Lipinski definition) is 0. The molecule has 3 aromatic rings. The van der Waals surface area contributed by atoms with Crippen LogP contribution in [0.2, 0.25) is 0 Å². The smallest absolute Gasteiger partial charge is 0.328 e. The number of nitrogens with zero attached hydrogens (tertiary/aromatic N) is 5. The van der Waals surface area contributed by atoms with Gasteiger partial charge in [-0.25, -0.2) is 0 Å². The van der Waals surface area contributed by atoms with E-state index in [1.165, 1.54) is 18.5 Å². The fourth-order valence-corrected chi connectivity index (χ4v) is 2.61. The van der Waals surface area contributed by atoms with E-state index in [9.17, 15) is 14.9 Å². The van der Waals surface area contributed by atoms with E-state index < -0.39 is 17.0 Å². The summed E-state index contributed by atoms with van der Waals surface area (Å²) in [6.45, 7) is 4.38. The van der Waals surface area contributed by atoms with E-state index >= 15 is 0 Å². The first kappa shape index (κ1) is 18.2. The number of ether oxygens (including phenoxy) is 1. The van der Waals surface area contributed by atoms with Crippen LogP contribution in [0.5, 0.6) is 0 Å². The molecule has 10 heteroatoms. The highest BCUT2D eigenvalue weighted by Gasteiger charge is 2.24. The first-order valence-electron chi connectivity index (χ1n) is 8.13. The van der Waals surface area contributed by atoms with Crippen LogP contribution in [0, 0.1) is 24.0 Å². The van der Waals surface area contributed by atoms with E-state index in [2.05, 4.69) is 15.3 Å². The molecule has 2 heterocycles. The number of carbonyl (C=O) groups is 1. The summed E-state index contributed by atoms with van der Waals surface area (Å²) in [6, 6.07) is 9.20. The van der Waals surface area contributed by atoms with Crippen LogP contribution in [-0.2, 0) is 16.1 Å². The highest BCUT2D eigenvalue weighted by molar-refractivity contribution is 5.69. The van der Waals surface area contributed by atoms with Crippen molar-refractivity contribution in [1.82, 2.24) is 20.0 Å². The summed E-state index contributed by atoms with van der Waals surface area (Å²) in [4.78, 5) is 22.7. The lowest BCUT2D eigenvalue weighted by Gasteiger charge is -2.09. The number of benzene rings is 1. The lowest BCUT2D eigenvalue weighted by molar-refractivity contribution is -0.386. The average Bonchev–Trinajstić information content (AvgIpc) is 3.21. The number of carbonyl (C=O) groups excluding carboxylic acids is 1. The maximum absolute atomic E-state index is 12.2. The molecule has 0 N–H and O–H groups in total. The van der Waals surface area contributed by atoms with Gasteiger partial charge in [0.25, 0.3) is 5.89 Å². The van der Waals surface area contributed by atoms with Gasteiger partial charge in [-0.3, -0.25) is 19.6 Å². The monoisotopic (exact) mass is 371 g/mol. The molecule has 27 heavy (non-hydrogen) atoms. The molecule has 0 spiro atoms. The summed E-state index contributed by atoms with van der Waals surface area (Å²) in [5.74, 6) is -0.147. The minimum Gasteiger partial charge on any atom is -0.451 e. The molecule has 0 amide bonds. The lowest BCUT2D eigenvalue weighted by Crippen LogP contribution is -2.17. The molecule has 0 aliphatic heterocycles. The quantitative estimate of drug-likeness (QED) is 0.368. The Morgan fingerprint density at radius 2 is 2.00 bits per heavy atom. The molecule has 0 aliphatic rings. The van der Waals surface area contributed by atoms with Crippen LogP contribution in [0.3, 0.4) is 0 Å². The lowest BCUT2D eigenvalue weighted by atomic mass is 10.2. The number of nitro groups is 1. The van der Waals surface area contributed by atoms with Gasteiger partial charge in [0.05, 0.1) is 4.92 Å². The number of aromatic nitrogens is 4. The Morgan fingerprint density at radius 3 is 2.63 bits per heavy atom. The van der Waals surface area contributed by atoms with Crippen LogP contribution in [0.25, 0.3) is 11.5 Å². The summed E-state index contributed by atoms with van der Waals surface area (Å²) in [5, 5.41) is 22.9. The normalized spacial score (nSPS) is 12.0. The van der Waals surface area contributed by atoms with E-state index in [0.717, 1.165) is 5.56 Å². The first-order valence-corrected chi connectivity index (χ1v) is 8.13. The van der Waals surface area contributed by atoms with Gasteiger partial charge in [0.1, 0.15) is 17.9 Å². The molecular weight excluding hydrogens is 354 g/mol. The highest BCUT2D eigenvalue weighted by atomic mass is 16.6. The molecule has 0 unspecified atom stereocenters. The molecule has 1 atom stereocenters. The molecule has 0 bridgehead atoms. The van der Waals surface area contributed by atoms with Crippen molar-refractivity contribution in [1.29, 1.82) is 0 Å². The molecule has 0 fully saturated rings. The second-order valence-corrected chi connectivity index (χ2v) is 5.88. The Kier molecular flexibility index (Phi) is 4.97. The summed E-state index contributed by atoms with van der Waals surface area (Å²) < 4.78 is 12.1. The summed E-state index contributed by atoms with van der Waals surface area (Å²) in [7, 11) is 0. The molecule has 140 valence electrons. The Morgan fingerprint density at radius 1 is 1.30 bits per heavy atom. The van der Waals surface area contributed by atoms with Gasteiger partial charge in [0, 0.05) is 5.56 Å². The second kappa shape index (κ2) is 7.36. The predicted molar refractivity (Wildman–Crippen MR) is 92.6 cm³/mol. The van der Waals surface area contributed by atoms with Crippen molar-refractivity contribution in [3.05, 3.63) is 57.7 Å². The van der Waals surface area contributed by atoms with Crippen molar-refractivity contribution in [2.24, 2.45) is 0 Å². The summed E-state index contributed by atoms with van der Waals surface area (Å²) >= 11 is 0. The van der Waals surface area contributed by atoms with Gasteiger partial charge >= 0.3 is 11.7 Å². The van der Waals surface area contributed by atoms with Gasteiger partial charge < -0.3 is 9.15 Å². The van der Waals surface area contributed by atoms with Crippen LogP contribution in [-0.4, -0.2) is 30.9 Å². The molecule has 2 aromatic heterocycles. The zero-order valence-electron chi connectivity index (χ0n) is 14.9. The fraction of sp³-hybridized carbons (Fsp3) is 0.294. The number of rotatable bonds is 6. The van der Waals surface area contributed by atoms with E-state index in [1.807, 2.05) is 30.3 Å². The minimum absolute atomic E-state index is 0.111. The Bertz CT molecular complexity index is 979. The standard InChI is InChI=1S/C17H17N5O5/c1-10-15(22(24)25)11(2)21(20-10)9-14(23)26-12(3)16-18-19-17(27-16)13-7-5-4-6-8-13/h4-8,12H,9H2,1-3H3/t12-/m1/s1. The van der Waals surface area contributed by atoms with Crippen molar-refractivity contribution < 1.29 is 18.9 Å². The third kappa shape index (κ3) is 3.84. The molecule has 0 saturated heterocycles. The van der Waals surface area contributed by atoms with Crippen molar-refractivity contribution in [3.63, 3.8) is 0 Å². The van der Waals surface area contributed by atoms with Crippen LogP contribution in [0.15, 0.2) is 34.7 Å². The van der Waals surface area contributed by atoms with Crippen LogP contribution < -0.4 is 0 Å². The second-order valence-electron chi connectivity index (χ2n) is 5.88. The maximum atomic E-state index is 12.2. The third-order valence-corrected chi connectivity index (χ3v) is 3.92. The number of esters is 1. The van der Waals surface area contributed by atoms with Gasteiger partial charge in [-0.2, -0.15) is 5.10 Å². The molecule has 3 rings (SSSR count). The molecule has 0 saturated carbocycles. The van der Waals surface area contributed by atoms with Gasteiger partial charge in [-0.1, -0.05) is 18.2 Å². The maximum Gasteiger partial charge on any atom is 0.328 e. The van der Waals surface area contributed by atoms with Gasteiger partial charge in [-0.05, 0) is 32.9 Å². The number of hydrogen-bond acceptors (Lipinski definition) is 8. The number of aryl methyl sites for hydroxylation is 1. The van der Waals surface area contributed by atoms with Crippen molar-refractivity contribution in [2.75, 3.05) is 0 Å². The largest absolute Gasteiger partial charge is 0.451 e. The highest BCUT2D eigenvalue weighted by Crippen LogP contribution is 2.24. The van der Waals surface area contributed by atoms with Gasteiger partial charge in [0.15, 0.2) is 6.10 Å². The van der Waals surface area contributed by atoms with E-state index in [0.29, 0.717) is 5.89 Å². The zero-order chi connectivity index (χ0) is 19.6. The van der Waals surface area contributed by atoms with Crippen molar-refractivity contribution >= 4 is 11.7 Å². The Balaban J connectivity index is 1.67. The zero-order valence-corrected chi connectivity index (χ0v) is 14.9. The Hall–Kier alpha value is -3.56. The minimum atomic E-state index is -0.769. The van der Waals surface area contributed by atoms with Crippen LogP contribution >= 0.6 is 0 Å². The predicted octanol–water partition coefficient (Wildman–Crippen LogP) is 2.76. The summed E-state index contributed by atoms with van der Waals surface area (Å²) in [6.07, 6.45) is -0.769. The van der Waals surface area contributed by atoms with Crippen LogP contribution in [0.1, 0.15) is 30.3 Å². The van der Waals surface area contributed by atoms with Crippen molar-refractivity contribution in [3.8, 4) is 11.5 Å². The van der Waals surface area contributed by atoms with E-state index in [1.54, 1.807) is 6.92 Å². The molecular formula is C17H17N5O5. The molecule has 0 aliphatic carbocycles. The van der Waals surface area contributed by atoms with Gasteiger partial charge in [-0.15, -0.1) is 10.2 Å². The average molecular weight is 371 g/mol. The SMILES string of the molecule is Cc1nn(CC(=O)O[C@H](C)c2nnc(-c3ccccc3)o2)c(C)c1[N+](=O)[O-]. The third-order valence-electron chi connectivity index (χ3n) is 3.92. The van der Waals surface area contributed by atoms with Crippen LogP contribution in [0.4, 0.5) is 5.69 Å². The molecule has 0 radical (unpaired) electrons.